The molecule has 1 aliphatic carbocycles. The van der Waals surface area contributed by atoms with Crippen molar-refractivity contribution >= 4 is 17.5 Å². The van der Waals surface area contributed by atoms with Crippen LogP contribution in [-0.2, 0) is 9.59 Å². The van der Waals surface area contributed by atoms with Gasteiger partial charge in [-0.25, -0.2) is 0 Å². The maximum atomic E-state index is 11.3. The van der Waals surface area contributed by atoms with E-state index in [2.05, 4.69) is 5.32 Å². The average molecular weight is 188 g/mol. The molecular weight excluding hydrogens is 180 g/mol. The van der Waals surface area contributed by atoms with Gasteiger partial charge in [-0.3, -0.25) is 14.9 Å². The highest BCUT2D eigenvalue weighted by Gasteiger charge is 2.28. The predicted molar refractivity (Wildman–Crippen MR) is 50.7 cm³/mol. The van der Waals surface area contributed by atoms with Gasteiger partial charge in [0.2, 0.25) is 0 Å². The molecule has 0 fully saturated rings. The fourth-order valence-corrected chi connectivity index (χ4v) is 1.47. The summed E-state index contributed by atoms with van der Waals surface area (Å²) in [5.74, 6) is -1.18. The van der Waals surface area contributed by atoms with Crippen LogP contribution in [0.25, 0.3) is 0 Å². The summed E-state index contributed by atoms with van der Waals surface area (Å²) >= 11 is 0. The lowest BCUT2D eigenvalue weighted by molar-refractivity contribution is -0.123. The van der Waals surface area contributed by atoms with Crippen LogP contribution < -0.4 is 5.32 Å². The molecule has 0 saturated heterocycles. The Balaban J connectivity index is 2.32. The van der Waals surface area contributed by atoms with Gasteiger partial charge in [0.15, 0.2) is 0 Å². The monoisotopic (exact) mass is 188 g/mol. The van der Waals surface area contributed by atoms with Crippen molar-refractivity contribution in [2.75, 3.05) is 0 Å². The Labute approximate surface area is 80.5 Å². The molecule has 0 aromatic carbocycles. The van der Waals surface area contributed by atoms with Gasteiger partial charge in [-0.05, 0) is 6.08 Å². The molecule has 70 valence electrons. The number of carbonyl (C=O) groups is 2. The van der Waals surface area contributed by atoms with Crippen LogP contribution in [-0.4, -0.2) is 17.5 Å². The molecule has 1 atom stereocenters. The van der Waals surface area contributed by atoms with Crippen LogP contribution in [0.4, 0.5) is 0 Å². The summed E-state index contributed by atoms with van der Waals surface area (Å²) in [6.07, 6.45) is 8.09. The van der Waals surface area contributed by atoms with Crippen LogP contribution in [0.1, 0.15) is 0 Å². The minimum Gasteiger partial charge on any atom is -0.304 e. The third-order valence-electron chi connectivity index (χ3n) is 2.15. The number of imide groups is 1. The smallest absolute Gasteiger partial charge is 0.255 e. The second kappa shape index (κ2) is 3.06. The molecule has 1 unspecified atom stereocenters. The molecule has 0 radical (unpaired) electrons. The van der Waals surface area contributed by atoms with Gasteiger partial charge >= 0.3 is 0 Å². The molecule has 4 nitrogen and oxygen atoms in total. The highest BCUT2D eigenvalue weighted by atomic mass is 16.2. The molecule has 0 aromatic heterocycles. The normalized spacial score (nSPS) is 25.3. The van der Waals surface area contributed by atoms with Crippen LogP contribution in [0, 0.1) is 11.3 Å². The number of nitrogens with one attached hydrogen (secondary N) is 2. The number of hydrogen-bond donors (Lipinski definition) is 2. The van der Waals surface area contributed by atoms with Crippen molar-refractivity contribution in [3.05, 3.63) is 36.0 Å². The molecule has 2 rings (SSSR count). The number of rotatable bonds is 1. The van der Waals surface area contributed by atoms with Crippen LogP contribution in [0.2, 0.25) is 0 Å². The molecule has 4 heteroatoms. The van der Waals surface area contributed by atoms with Crippen LogP contribution in [0.5, 0.6) is 0 Å². The van der Waals surface area contributed by atoms with Crippen LogP contribution in [0.15, 0.2) is 36.0 Å². The van der Waals surface area contributed by atoms with E-state index in [4.69, 9.17) is 5.41 Å². The number of amides is 2. The van der Waals surface area contributed by atoms with Crippen molar-refractivity contribution in [2.24, 2.45) is 5.92 Å². The molecule has 14 heavy (non-hydrogen) atoms. The fraction of sp³-hybridized carbons (Fsp3) is 0.100. The first kappa shape index (κ1) is 8.62. The van der Waals surface area contributed by atoms with Crippen molar-refractivity contribution in [2.45, 2.75) is 0 Å². The molecule has 0 aromatic rings. The van der Waals surface area contributed by atoms with Crippen molar-refractivity contribution in [1.29, 1.82) is 5.41 Å². The van der Waals surface area contributed by atoms with Crippen molar-refractivity contribution < 1.29 is 9.59 Å². The largest absolute Gasteiger partial charge is 0.304 e. The first-order chi connectivity index (χ1) is 6.68. The first-order valence-electron chi connectivity index (χ1n) is 4.18. The van der Waals surface area contributed by atoms with E-state index >= 15 is 0 Å². The second-order valence-electron chi connectivity index (χ2n) is 3.10. The fourth-order valence-electron chi connectivity index (χ4n) is 1.47. The molecule has 1 heterocycles. The van der Waals surface area contributed by atoms with Gasteiger partial charge in [-0.2, -0.15) is 0 Å². The first-order valence-corrected chi connectivity index (χ1v) is 4.18. The Morgan fingerprint density at radius 1 is 1.29 bits per heavy atom. The lowest BCUT2D eigenvalue weighted by atomic mass is 9.91. The van der Waals surface area contributed by atoms with E-state index in [1.807, 2.05) is 0 Å². The van der Waals surface area contributed by atoms with E-state index in [-0.39, 0.29) is 5.92 Å². The molecule has 2 N–H and O–H groups in total. The third kappa shape index (κ3) is 1.31. The summed E-state index contributed by atoms with van der Waals surface area (Å²) in [5.41, 5.74) is 0.671. The van der Waals surface area contributed by atoms with E-state index in [0.717, 1.165) is 0 Å². The number of hydrogen-bond acceptors (Lipinski definition) is 3. The second-order valence-corrected chi connectivity index (χ2v) is 3.10. The topological polar surface area (TPSA) is 70.0 Å². The third-order valence-corrected chi connectivity index (χ3v) is 2.15. The summed E-state index contributed by atoms with van der Waals surface area (Å²) in [4.78, 5) is 22.2. The predicted octanol–water partition coefficient (Wildman–Crippen LogP) is 0.331. The summed E-state index contributed by atoms with van der Waals surface area (Å²) in [6.45, 7) is 0. The van der Waals surface area contributed by atoms with Gasteiger partial charge in [0, 0.05) is 23.3 Å². The Bertz CT molecular complexity index is 416. The number of allylic oxidation sites excluding steroid dienone is 4. The van der Waals surface area contributed by atoms with Gasteiger partial charge in [-0.1, -0.05) is 18.2 Å². The summed E-state index contributed by atoms with van der Waals surface area (Å²) < 4.78 is 0. The zero-order valence-corrected chi connectivity index (χ0v) is 7.28. The lowest BCUT2D eigenvalue weighted by Gasteiger charge is -2.13. The van der Waals surface area contributed by atoms with E-state index < -0.39 is 11.8 Å². The van der Waals surface area contributed by atoms with Crippen molar-refractivity contribution in [1.82, 2.24) is 5.32 Å². The Morgan fingerprint density at radius 2 is 2.07 bits per heavy atom. The maximum Gasteiger partial charge on any atom is 0.255 e. The number of carbonyl (C=O) groups excluding carboxylic acids is 2. The molecule has 0 saturated carbocycles. The highest BCUT2D eigenvalue weighted by molar-refractivity contribution is 6.20. The van der Waals surface area contributed by atoms with E-state index in [1.165, 1.54) is 6.08 Å². The summed E-state index contributed by atoms with van der Waals surface area (Å²) in [6, 6.07) is 0. The van der Waals surface area contributed by atoms with Gasteiger partial charge < -0.3 is 5.41 Å². The zero-order valence-electron chi connectivity index (χ0n) is 7.28. The Morgan fingerprint density at radius 3 is 2.64 bits per heavy atom. The minimum absolute atomic E-state index is 0.323. The molecule has 2 amide bonds. The van der Waals surface area contributed by atoms with Gasteiger partial charge in [0.25, 0.3) is 11.8 Å². The van der Waals surface area contributed by atoms with Crippen LogP contribution >= 0.6 is 0 Å². The SMILES string of the molecule is N=C1C=CC=CC1C1=CC(=O)NC1=O. The van der Waals surface area contributed by atoms with E-state index in [9.17, 15) is 9.59 Å². The molecule has 0 bridgehead atoms. The molecule has 1 aliphatic heterocycles. The standard InChI is InChI=1S/C10H8N2O2/c11-8-4-2-1-3-6(8)7-5-9(13)12-10(7)14/h1-6,11H,(H,12,13,14). The molecule has 0 spiro atoms. The Hall–Kier alpha value is -1.97. The minimum atomic E-state index is -0.402. The van der Waals surface area contributed by atoms with Crippen molar-refractivity contribution in [3.63, 3.8) is 0 Å². The molecule has 2 aliphatic rings. The van der Waals surface area contributed by atoms with E-state index in [1.54, 1.807) is 24.3 Å². The maximum absolute atomic E-state index is 11.3. The van der Waals surface area contributed by atoms with Gasteiger partial charge in [-0.15, -0.1) is 0 Å². The Kier molecular flexibility index (Phi) is 1.89. The highest BCUT2D eigenvalue weighted by Crippen LogP contribution is 2.20. The van der Waals surface area contributed by atoms with Crippen LogP contribution in [0.3, 0.4) is 0 Å². The average Bonchev–Trinajstić information content (AvgIpc) is 2.46. The molecular formula is C10H8N2O2. The quantitative estimate of drug-likeness (QED) is 0.582. The summed E-state index contributed by atoms with van der Waals surface area (Å²) in [7, 11) is 0. The summed E-state index contributed by atoms with van der Waals surface area (Å²) in [5, 5.41) is 9.76. The zero-order chi connectivity index (χ0) is 10.1. The van der Waals surface area contributed by atoms with Crippen molar-refractivity contribution in [3.8, 4) is 0 Å². The van der Waals surface area contributed by atoms with E-state index in [0.29, 0.717) is 11.3 Å². The lowest BCUT2D eigenvalue weighted by Crippen LogP contribution is -2.26. The van der Waals surface area contributed by atoms with Gasteiger partial charge in [0.05, 0.1) is 0 Å². The van der Waals surface area contributed by atoms with Gasteiger partial charge in [0.1, 0.15) is 0 Å².